The van der Waals surface area contributed by atoms with E-state index in [9.17, 15) is 8.42 Å². The molecule has 1 aromatic heterocycles. The number of piperidine rings is 1. The fourth-order valence-electron chi connectivity index (χ4n) is 2.31. The molecule has 0 aromatic carbocycles. The molecule has 1 aromatic rings. The molecule has 0 atom stereocenters. The predicted molar refractivity (Wildman–Crippen MR) is 77.9 cm³/mol. The van der Waals surface area contributed by atoms with E-state index >= 15 is 0 Å². The molecule has 0 spiro atoms. The van der Waals surface area contributed by atoms with Gasteiger partial charge in [0.05, 0.1) is 12.7 Å². The van der Waals surface area contributed by atoms with Gasteiger partial charge in [0.25, 0.3) is 0 Å². The summed E-state index contributed by atoms with van der Waals surface area (Å²) in [6.07, 6.45) is 4.87. The first kappa shape index (κ1) is 15.5. The third kappa shape index (κ3) is 3.39. The highest BCUT2D eigenvalue weighted by atomic mass is 32.2. The fraction of sp³-hybridized carbons (Fsp3) is 0.769. The number of hydrogen-bond donors (Lipinski definition) is 1. The Morgan fingerprint density at radius 1 is 1.35 bits per heavy atom. The van der Waals surface area contributed by atoms with E-state index in [2.05, 4.69) is 24.3 Å². The second-order valence-corrected chi connectivity index (χ2v) is 8.05. The van der Waals surface area contributed by atoms with Crippen molar-refractivity contribution in [2.75, 3.05) is 26.7 Å². The van der Waals surface area contributed by atoms with Gasteiger partial charge in [0, 0.05) is 25.8 Å². The lowest BCUT2D eigenvalue weighted by Gasteiger charge is -2.35. The summed E-state index contributed by atoms with van der Waals surface area (Å²) in [7, 11) is -1.53. The maximum absolute atomic E-state index is 12.5. The lowest BCUT2D eigenvalue weighted by Crippen LogP contribution is -2.40. The molecule has 0 radical (unpaired) electrons. The first-order valence-corrected chi connectivity index (χ1v) is 8.46. The molecule has 0 unspecified atom stereocenters. The van der Waals surface area contributed by atoms with Crippen LogP contribution in [0.3, 0.4) is 0 Å². The second kappa shape index (κ2) is 5.83. The van der Waals surface area contributed by atoms with Crippen molar-refractivity contribution in [1.29, 1.82) is 0 Å². The Morgan fingerprint density at radius 2 is 2.00 bits per heavy atom. The smallest absolute Gasteiger partial charge is 0.246 e. The quantitative estimate of drug-likeness (QED) is 0.878. The van der Waals surface area contributed by atoms with E-state index in [0.29, 0.717) is 24.5 Å². The highest BCUT2D eigenvalue weighted by Crippen LogP contribution is 2.32. The third-order valence-corrected chi connectivity index (χ3v) is 5.77. The van der Waals surface area contributed by atoms with Crippen LogP contribution >= 0.6 is 0 Å². The largest absolute Gasteiger partial charge is 0.318 e. The third-order valence-electron chi connectivity index (χ3n) is 3.91. The number of hydrogen-bond acceptors (Lipinski definition) is 4. The molecule has 0 saturated carbocycles. The molecule has 1 N–H and O–H groups in total. The van der Waals surface area contributed by atoms with Gasteiger partial charge in [-0.25, -0.2) is 8.42 Å². The van der Waals surface area contributed by atoms with Gasteiger partial charge in [0.1, 0.15) is 4.90 Å². The molecule has 0 aliphatic carbocycles. The molecule has 1 fully saturated rings. The van der Waals surface area contributed by atoms with Gasteiger partial charge in [-0.05, 0) is 25.3 Å². The first-order chi connectivity index (χ1) is 9.35. The molecule has 1 aliphatic heterocycles. The second-order valence-electron chi connectivity index (χ2n) is 6.11. The lowest BCUT2D eigenvalue weighted by atomic mass is 9.83. The Kier molecular flexibility index (Phi) is 4.51. The zero-order chi connectivity index (χ0) is 14.8. The highest BCUT2D eigenvalue weighted by molar-refractivity contribution is 7.89. The van der Waals surface area contributed by atoms with Crippen LogP contribution < -0.4 is 5.32 Å². The van der Waals surface area contributed by atoms with Gasteiger partial charge in [-0.2, -0.15) is 9.40 Å². The highest BCUT2D eigenvalue weighted by Gasteiger charge is 2.33. The van der Waals surface area contributed by atoms with Crippen LogP contribution in [0.2, 0.25) is 0 Å². The normalized spacial score (nSPS) is 20.1. The number of rotatable bonds is 5. The standard InChI is InChI=1S/C13H24N4O2S/c1-13(2)4-7-17(8-5-13)20(18,19)12-10-15-16(11-12)9-6-14-3/h10-11,14H,4-9H2,1-3H3. The number of sulfonamides is 1. The van der Waals surface area contributed by atoms with Crippen molar-refractivity contribution < 1.29 is 8.42 Å². The molecule has 7 heteroatoms. The van der Waals surface area contributed by atoms with E-state index in [4.69, 9.17) is 0 Å². The van der Waals surface area contributed by atoms with E-state index in [1.165, 1.54) is 6.20 Å². The molecule has 20 heavy (non-hydrogen) atoms. The maximum atomic E-state index is 12.5. The van der Waals surface area contributed by atoms with Gasteiger partial charge >= 0.3 is 0 Å². The van der Waals surface area contributed by atoms with Crippen LogP contribution in [0.1, 0.15) is 26.7 Å². The average molecular weight is 300 g/mol. The van der Waals surface area contributed by atoms with E-state index in [-0.39, 0.29) is 5.41 Å². The van der Waals surface area contributed by atoms with Crippen LogP contribution in [0, 0.1) is 5.41 Å². The summed E-state index contributed by atoms with van der Waals surface area (Å²) >= 11 is 0. The minimum Gasteiger partial charge on any atom is -0.318 e. The molecule has 0 bridgehead atoms. The van der Waals surface area contributed by atoms with Crippen molar-refractivity contribution in [3.63, 3.8) is 0 Å². The summed E-state index contributed by atoms with van der Waals surface area (Å²) in [5, 5.41) is 7.13. The molecule has 6 nitrogen and oxygen atoms in total. The SMILES string of the molecule is CNCCn1cc(S(=O)(=O)N2CCC(C)(C)CC2)cn1. The molecule has 2 heterocycles. The van der Waals surface area contributed by atoms with Crippen LogP contribution in [0.25, 0.3) is 0 Å². The monoisotopic (exact) mass is 300 g/mol. The topological polar surface area (TPSA) is 67.2 Å². The van der Waals surface area contributed by atoms with E-state index < -0.39 is 10.0 Å². The van der Waals surface area contributed by atoms with Crippen molar-refractivity contribution in [3.8, 4) is 0 Å². The summed E-state index contributed by atoms with van der Waals surface area (Å²) < 4.78 is 28.3. The van der Waals surface area contributed by atoms with Gasteiger partial charge in [-0.1, -0.05) is 13.8 Å². The minimum absolute atomic E-state index is 0.239. The van der Waals surface area contributed by atoms with Crippen molar-refractivity contribution in [1.82, 2.24) is 19.4 Å². The number of nitrogens with one attached hydrogen (secondary N) is 1. The molecule has 114 valence electrons. The summed E-state index contributed by atoms with van der Waals surface area (Å²) in [6, 6.07) is 0. The minimum atomic E-state index is -3.39. The molecule has 1 saturated heterocycles. The molecular weight excluding hydrogens is 276 g/mol. The van der Waals surface area contributed by atoms with Crippen LogP contribution in [0.5, 0.6) is 0 Å². The molecule has 1 aliphatic rings. The molecule has 2 rings (SSSR count). The Bertz CT molecular complexity index is 540. The van der Waals surface area contributed by atoms with Gasteiger partial charge < -0.3 is 5.32 Å². The van der Waals surface area contributed by atoms with Crippen LogP contribution in [0.4, 0.5) is 0 Å². The zero-order valence-corrected chi connectivity index (χ0v) is 13.3. The van der Waals surface area contributed by atoms with E-state index in [1.54, 1.807) is 15.2 Å². The van der Waals surface area contributed by atoms with Gasteiger partial charge in [-0.15, -0.1) is 0 Å². The predicted octanol–water partition coefficient (Wildman–Crippen LogP) is 0.913. The number of nitrogens with zero attached hydrogens (tertiary/aromatic N) is 3. The Morgan fingerprint density at radius 3 is 2.60 bits per heavy atom. The molecular formula is C13H24N4O2S. The summed E-state index contributed by atoms with van der Waals surface area (Å²) in [5.74, 6) is 0. The van der Waals surface area contributed by atoms with E-state index in [1.807, 2.05) is 7.05 Å². The summed E-state index contributed by atoms with van der Waals surface area (Å²) in [4.78, 5) is 0.299. The average Bonchev–Trinajstić information content (AvgIpc) is 2.85. The zero-order valence-electron chi connectivity index (χ0n) is 12.5. The Balaban J connectivity index is 2.08. The van der Waals surface area contributed by atoms with Gasteiger partial charge in [0.15, 0.2) is 0 Å². The Labute approximate surface area is 121 Å². The van der Waals surface area contributed by atoms with Gasteiger partial charge in [-0.3, -0.25) is 4.68 Å². The molecule has 0 amide bonds. The first-order valence-electron chi connectivity index (χ1n) is 7.02. The van der Waals surface area contributed by atoms with Gasteiger partial charge in [0.2, 0.25) is 10.0 Å². The lowest BCUT2D eigenvalue weighted by molar-refractivity contribution is 0.196. The van der Waals surface area contributed by atoms with Crippen LogP contribution in [-0.2, 0) is 16.6 Å². The summed E-state index contributed by atoms with van der Waals surface area (Å²) in [5.41, 5.74) is 0.239. The number of aromatic nitrogens is 2. The fourth-order valence-corrected chi connectivity index (χ4v) is 3.70. The van der Waals surface area contributed by atoms with Crippen molar-refractivity contribution >= 4 is 10.0 Å². The van der Waals surface area contributed by atoms with Crippen molar-refractivity contribution in [2.45, 2.75) is 38.1 Å². The Hall–Kier alpha value is -0.920. The van der Waals surface area contributed by atoms with Crippen molar-refractivity contribution in [3.05, 3.63) is 12.4 Å². The maximum Gasteiger partial charge on any atom is 0.246 e. The van der Waals surface area contributed by atoms with Crippen molar-refractivity contribution in [2.24, 2.45) is 5.41 Å². The number of likely N-dealkylation sites (N-methyl/N-ethyl adjacent to an activating group) is 1. The van der Waals surface area contributed by atoms with Crippen LogP contribution in [-0.4, -0.2) is 49.2 Å². The van der Waals surface area contributed by atoms with Crippen LogP contribution in [0.15, 0.2) is 17.3 Å². The van der Waals surface area contributed by atoms with E-state index in [0.717, 1.165) is 19.4 Å². The summed E-state index contributed by atoms with van der Waals surface area (Å²) in [6.45, 7) is 6.99.